The summed E-state index contributed by atoms with van der Waals surface area (Å²) in [5.74, 6) is 0.0517. The number of amides is 2. The van der Waals surface area contributed by atoms with E-state index in [1.54, 1.807) is 36.1 Å². The second kappa shape index (κ2) is 7.49. The van der Waals surface area contributed by atoms with Crippen LogP contribution in [0.3, 0.4) is 0 Å². The van der Waals surface area contributed by atoms with E-state index in [1.165, 1.54) is 0 Å². The molecule has 2 atom stereocenters. The lowest BCUT2D eigenvalue weighted by atomic mass is 9.98. The molecule has 1 aromatic carbocycles. The molecule has 2 N–H and O–H groups in total. The summed E-state index contributed by atoms with van der Waals surface area (Å²) in [5, 5.41) is 0.557. The summed E-state index contributed by atoms with van der Waals surface area (Å²) >= 11 is 5.91. The SMILES string of the molecule is C[C@H](Oc1cccc(Cl)c1)C(=O)N1CCCC[C@@H]1CC(N)=O. The zero-order chi connectivity index (χ0) is 16.1. The average molecular weight is 325 g/mol. The van der Waals surface area contributed by atoms with Gasteiger partial charge in [0.2, 0.25) is 5.91 Å². The van der Waals surface area contributed by atoms with Crippen LogP contribution >= 0.6 is 11.6 Å². The number of nitrogens with two attached hydrogens (primary N) is 1. The monoisotopic (exact) mass is 324 g/mol. The molecule has 0 bridgehead atoms. The van der Waals surface area contributed by atoms with E-state index in [0.717, 1.165) is 19.3 Å². The van der Waals surface area contributed by atoms with Crippen LogP contribution in [0.15, 0.2) is 24.3 Å². The van der Waals surface area contributed by atoms with Crippen LogP contribution in [0.1, 0.15) is 32.6 Å². The molecule has 0 aromatic heterocycles. The quantitative estimate of drug-likeness (QED) is 0.903. The van der Waals surface area contributed by atoms with Crippen molar-refractivity contribution in [2.24, 2.45) is 5.73 Å². The third-order valence-corrected chi connectivity index (χ3v) is 4.04. The molecule has 1 heterocycles. The zero-order valence-corrected chi connectivity index (χ0v) is 13.4. The summed E-state index contributed by atoms with van der Waals surface area (Å²) in [6.45, 7) is 2.35. The molecule has 1 aliphatic rings. The molecular weight excluding hydrogens is 304 g/mol. The smallest absolute Gasteiger partial charge is 0.263 e. The van der Waals surface area contributed by atoms with E-state index in [4.69, 9.17) is 22.1 Å². The summed E-state index contributed by atoms with van der Waals surface area (Å²) in [7, 11) is 0. The van der Waals surface area contributed by atoms with Gasteiger partial charge in [-0.05, 0) is 44.4 Å². The predicted molar refractivity (Wildman–Crippen MR) is 84.7 cm³/mol. The van der Waals surface area contributed by atoms with E-state index in [0.29, 0.717) is 17.3 Å². The van der Waals surface area contributed by atoms with Gasteiger partial charge in [-0.2, -0.15) is 0 Å². The molecule has 2 rings (SSSR count). The largest absolute Gasteiger partial charge is 0.481 e. The van der Waals surface area contributed by atoms with Gasteiger partial charge in [0, 0.05) is 24.0 Å². The lowest BCUT2D eigenvalue weighted by Crippen LogP contribution is -2.50. The van der Waals surface area contributed by atoms with Crippen LogP contribution in [-0.2, 0) is 9.59 Å². The number of carbonyl (C=O) groups is 2. The zero-order valence-electron chi connectivity index (χ0n) is 12.6. The third-order valence-electron chi connectivity index (χ3n) is 3.80. The van der Waals surface area contributed by atoms with Crippen molar-refractivity contribution in [2.75, 3.05) is 6.54 Å². The molecule has 1 aromatic rings. The molecule has 2 amide bonds. The first-order valence-electron chi connectivity index (χ1n) is 7.48. The lowest BCUT2D eigenvalue weighted by molar-refractivity contribution is -0.142. The van der Waals surface area contributed by atoms with Crippen LogP contribution in [0.2, 0.25) is 5.02 Å². The number of carbonyl (C=O) groups excluding carboxylic acids is 2. The van der Waals surface area contributed by atoms with E-state index in [-0.39, 0.29) is 24.3 Å². The minimum atomic E-state index is -0.632. The van der Waals surface area contributed by atoms with Gasteiger partial charge in [-0.15, -0.1) is 0 Å². The lowest BCUT2D eigenvalue weighted by Gasteiger charge is -2.36. The second-order valence-electron chi connectivity index (χ2n) is 5.57. The Morgan fingerprint density at radius 2 is 2.23 bits per heavy atom. The number of piperidine rings is 1. The summed E-state index contributed by atoms with van der Waals surface area (Å²) in [6.07, 6.45) is 2.32. The molecule has 0 saturated carbocycles. The molecular formula is C16H21ClN2O3. The third kappa shape index (κ3) is 4.37. The molecule has 0 unspecified atom stereocenters. The first kappa shape index (κ1) is 16.6. The van der Waals surface area contributed by atoms with E-state index in [2.05, 4.69) is 0 Å². The van der Waals surface area contributed by atoms with Crippen molar-refractivity contribution in [3.05, 3.63) is 29.3 Å². The van der Waals surface area contributed by atoms with E-state index < -0.39 is 6.10 Å². The fourth-order valence-electron chi connectivity index (χ4n) is 2.76. The van der Waals surface area contributed by atoms with Crippen LogP contribution in [0.4, 0.5) is 0 Å². The van der Waals surface area contributed by atoms with Gasteiger partial charge in [-0.25, -0.2) is 0 Å². The van der Waals surface area contributed by atoms with Crippen molar-refractivity contribution in [3.63, 3.8) is 0 Å². The molecule has 1 fully saturated rings. The predicted octanol–water partition coefficient (Wildman–Crippen LogP) is 2.36. The Hall–Kier alpha value is -1.75. The van der Waals surface area contributed by atoms with Crippen LogP contribution in [-0.4, -0.2) is 35.4 Å². The molecule has 22 heavy (non-hydrogen) atoms. The average Bonchev–Trinajstić information content (AvgIpc) is 2.46. The van der Waals surface area contributed by atoms with Crippen molar-refractivity contribution in [3.8, 4) is 5.75 Å². The number of hydrogen-bond acceptors (Lipinski definition) is 3. The molecule has 5 nitrogen and oxygen atoms in total. The molecule has 1 aliphatic heterocycles. The van der Waals surface area contributed by atoms with Crippen LogP contribution in [0.25, 0.3) is 0 Å². The Labute approximate surface area is 135 Å². The maximum atomic E-state index is 12.6. The topological polar surface area (TPSA) is 72.6 Å². The highest BCUT2D eigenvalue weighted by Crippen LogP contribution is 2.23. The van der Waals surface area contributed by atoms with E-state index in [9.17, 15) is 9.59 Å². The van der Waals surface area contributed by atoms with Crippen molar-refractivity contribution in [1.82, 2.24) is 4.90 Å². The summed E-state index contributed by atoms with van der Waals surface area (Å²) in [4.78, 5) is 25.5. The Balaban J connectivity index is 2.02. The van der Waals surface area contributed by atoms with Gasteiger partial charge in [-0.1, -0.05) is 17.7 Å². The Bertz CT molecular complexity index is 550. The number of rotatable bonds is 5. The van der Waals surface area contributed by atoms with Gasteiger partial charge in [0.1, 0.15) is 5.75 Å². The Morgan fingerprint density at radius 1 is 1.45 bits per heavy atom. The number of ether oxygens (including phenoxy) is 1. The second-order valence-corrected chi connectivity index (χ2v) is 6.01. The highest BCUT2D eigenvalue weighted by Gasteiger charge is 2.31. The Kier molecular flexibility index (Phi) is 5.66. The van der Waals surface area contributed by atoms with E-state index >= 15 is 0 Å². The van der Waals surface area contributed by atoms with Crippen LogP contribution in [0.5, 0.6) is 5.75 Å². The molecule has 1 saturated heterocycles. The number of hydrogen-bond donors (Lipinski definition) is 1. The molecule has 0 aliphatic carbocycles. The van der Waals surface area contributed by atoms with Crippen molar-refractivity contribution in [2.45, 2.75) is 44.8 Å². The fourth-order valence-corrected chi connectivity index (χ4v) is 2.94. The number of primary amides is 1. The molecule has 0 spiro atoms. The minimum Gasteiger partial charge on any atom is -0.481 e. The highest BCUT2D eigenvalue weighted by atomic mass is 35.5. The standard InChI is InChI=1S/C16H21ClN2O3/c1-11(22-14-7-4-5-12(17)9-14)16(21)19-8-3-2-6-13(19)10-15(18)20/h4-5,7,9,11,13H,2-3,6,8,10H2,1H3,(H2,18,20)/t11-,13+/m0/s1. The van der Waals surface area contributed by atoms with Gasteiger partial charge in [0.15, 0.2) is 6.10 Å². The normalized spacial score (nSPS) is 19.5. The van der Waals surface area contributed by atoms with Crippen LogP contribution in [0, 0.1) is 0 Å². The number of nitrogens with zero attached hydrogens (tertiary/aromatic N) is 1. The molecule has 0 radical (unpaired) electrons. The van der Waals surface area contributed by atoms with Gasteiger partial charge in [0.05, 0.1) is 0 Å². The maximum Gasteiger partial charge on any atom is 0.263 e. The number of likely N-dealkylation sites (tertiary alicyclic amines) is 1. The molecule has 120 valence electrons. The van der Waals surface area contributed by atoms with Crippen LogP contribution < -0.4 is 10.5 Å². The molecule has 6 heteroatoms. The van der Waals surface area contributed by atoms with Gasteiger partial charge < -0.3 is 15.4 Å². The van der Waals surface area contributed by atoms with Gasteiger partial charge in [0.25, 0.3) is 5.91 Å². The summed E-state index contributed by atoms with van der Waals surface area (Å²) < 4.78 is 5.67. The fraction of sp³-hybridized carbons (Fsp3) is 0.500. The van der Waals surface area contributed by atoms with Crippen molar-refractivity contribution in [1.29, 1.82) is 0 Å². The van der Waals surface area contributed by atoms with E-state index in [1.807, 2.05) is 0 Å². The first-order chi connectivity index (χ1) is 10.5. The Morgan fingerprint density at radius 3 is 2.91 bits per heavy atom. The van der Waals surface area contributed by atoms with Crippen molar-refractivity contribution < 1.29 is 14.3 Å². The highest BCUT2D eigenvalue weighted by molar-refractivity contribution is 6.30. The maximum absolute atomic E-state index is 12.6. The number of benzene rings is 1. The minimum absolute atomic E-state index is 0.120. The van der Waals surface area contributed by atoms with Gasteiger partial charge in [-0.3, -0.25) is 9.59 Å². The number of halogens is 1. The summed E-state index contributed by atoms with van der Waals surface area (Å²) in [6, 6.07) is 6.82. The van der Waals surface area contributed by atoms with Crippen molar-refractivity contribution >= 4 is 23.4 Å². The first-order valence-corrected chi connectivity index (χ1v) is 7.86. The van der Waals surface area contributed by atoms with Gasteiger partial charge >= 0.3 is 0 Å². The summed E-state index contributed by atoms with van der Waals surface area (Å²) in [5.41, 5.74) is 5.28.